The molecule has 6 rings (SSSR count). The Morgan fingerprint density at radius 3 is 2.75 bits per heavy atom. The van der Waals surface area contributed by atoms with Gasteiger partial charge in [-0.25, -0.2) is 14.3 Å². The summed E-state index contributed by atoms with van der Waals surface area (Å²) in [6.07, 6.45) is 6.13. The van der Waals surface area contributed by atoms with Crippen LogP contribution in [0.1, 0.15) is 12.8 Å². The van der Waals surface area contributed by atoms with Gasteiger partial charge < -0.3 is 4.74 Å². The van der Waals surface area contributed by atoms with Crippen LogP contribution in [0.15, 0.2) is 64.6 Å². The zero-order chi connectivity index (χ0) is 25.0. The topological polar surface area (TPSA) is 103 Å². The van der Waals surface area contributed by atoms with Crippen molar-refractivity contribution in [2.45, 2.75) is 19.4 Å². The highest BCUT2D eigenvalue weighted by Gasteiger charge is 2.44. The lowest BCUT2D eigenvalue weighted by molar-refractivity contribution is 0.413. The van der Waals surface area contributed by atoms with Crippen molar-refractivity contribution in [2.24, 2.45) is 5.41 Å². The molecule has 0 amide bonds. The zero-order valence-electron chi connectivity index (χ0n) is 19.1. The van der Waals surface area contributed by atoms with Crippen LogP contribution in [-0.4, -0.2) is 26.2 Å². The Hall–Kier alpha value is -4.00. The lowest BCUT2D eigenvalue weighted by Gasteiger charge is -2.15. The van der Waals surface area contributed by atoms with Crippen LogP contribution >= 0.6 is 22.9 Å². The van der Waals surface area contributed by atoms with Gasteiger partial charge in [-0.15, -0.1) is 11.3 Å². The first-order valence-corrected chi connectivity index (χ1v) is 12.4. The Kier molecular flexibility index (Phi) is 5.18. The van der Waals surface area contributed by atoms with E-state index in [1.807, 2.05) is 24.3 Å². The zero-order valence-corrected chi connectivity index (χ0v) is 20.6. The highest BCUT2D eigenvalue weighted by molar-refractivity contribution is 7.22. The number of hydrogen-bond acceptors (Lipinski definition) is 7. The molecule has 8 nitrogen and oxygen atoms in total. The van der Waals surface area contributed by atoms with Crippen molar-refractivity contribution >= 4 is 43.9 Å². The van der Waals surface area contributed by atoms with E-state index in [4.69, 9.17) is 16.3 Å². The van der Waals surface area contributed by atoms with E-state index in [1.165, 1.54) is 35.4 Å². The maximum Gasteiger partial charge on any atom is 0.336 e. The van der Waals surface area contributed by atoms with Gasteiger partial charge in [0.05, 0.1) is 42.2 Å². The highest BCUT2D eigenvalue weighted by atomic mass is 35.5. The van der Waals surface area contributed by atoms with E-state index in [1.54, 1.807) is 18.3 Å². The average molecular weight is 516 g/mol. The van der Waals surface area contributed by atoms with Gasteiger partial charge in [0.15, 0.2) is 0 Å². The first-order valence-electron chi connectivity index (χ1n) is 11.2. The lowest BCUT2D eigenvalue weighted by atomic mass is 10.1. The van der Waals surface area contributed by atoms with Gasteiger partial charge in [-0.3, -0.25) is 14.3 Å². The van der Waals surface area contributed by atoms with Gasteiger partial charge in [0, 0.05) is 34.0 Å². The summed E-state index contributed by atoms with van der Waals surface area (Å²) in [4.78, 5) is 36.9. The van der Waals surface area contributed by atoms with Crippen molar-refractivity contribution in [3.8, 4) is 27.9 Å². The molecular weight excluding hydrogens is 498 g/mol. The number of benzene rings is 1. The van der Waals surface area contributed by atoms with E-state index in [0.717, 1.165) is 15.3 Å². The van der Waals surface area contributed by atoms with Crippen LogP contribution in [0.4, 0.5) is 0 Å². The summed E-state index contributed by atoms with van der Waals surface area (Å²) in [6.45, 7) is 0.192. The molecule has 1 aliphatic carbocycles. The minimum Gasteiger partial charge on any atom is -0.495 e. The number of nitrogens with zero attached hydrogens (tertiary/aromatic N) is 5. The number of ether oxygens (including phenoxy) is 1. The molecule has 0 spiro atoms. The summed E-state index contributed by atoms with van der Waals surface area (Å²) in [5, 5.41) is 11.6. The molecule has 0 unspecified atom stereocenters. The summed E-state index contributed by atoms with van der Waals surface area (Å²) in [6, 6.07) is 13.3. The number of methoxy groups -OCH3 is 1. The molecule has 0 atom stereocenters. The van der Waals surface area contributed by atoms with Crippen LogP contribution in [0.3, 0.4) is 0 Å². The van der Waals surface area contributed by atoms with Gasteiger partial charge in [0.25, 0.3) is 5.56 Å². The van der Waals surface area contributed by atoms with Crippen molar-refractivity contribution in [1.82, 2.24) is 19.1 Å². The molecule has 1 fully saturated rings. The largest absolute Gasteiger partial charge is 0.495 e. The summed E-state index contributed by atoms with van der Waals surface area (Å²) in [7, 11) is 1.53. The third-order valence-electron chi connectivity index (χ3n) is 6.58. The molecule has 1 saturated carbocycles. The van der Waals surface area contributed by atoms with Gasteiger partial charge in [-0.05, 0) is 25.0 Å². The lowest BCUT2D eigenvalue weighted by Crippen LogP contribution is -2.39. The van der Waals surface area contributed by atoms with Crippen LogP contribution in [0.2, 0.25) is 5.15 Å². The number of thiophene rings is 1. The van der Waals surface area contributed by atoms with E-state index < -0.39 is 16.7 Å². The molecule has 4 aromatic heterocycles. The molecule has 1 aliphatic rings. The number of fused-ring (bicyclic) bond motifs is 2. The van der Waals surface area contributed by atoms with E-state index >= 15 is 0 Å². The molecule has 0 saturated heterocycles. The second-order valence-electron chi connectivity index (χ2n) is 8.82. The normalized spacial score (nSPS) is 14.1. The summed E-state index contributed by atoms with van der Waals surface area (Å²) in [5.41, 5.74) is -0.115. The van der Waals surface area contributed by atoms with Crippen molar-refractivity contribution in [3.05, 3.63) is 81.0 Å². The van der Waals surface area contributed by atoms with Crippen LogP contribution < -0.4 is 16.0 Å². The van der Waals surface area contributed by atoms with Crippen molar-refractivity contribution in [1.29, 1.82) is 5.26 Å². The van der Waals surface area contributed by atoms with Crippen molar-refractivity contribution in [3.63, 3.8) is 0 Å². The van der Waals surface area contributed by atoms with Gasteiger partial charge in [0.2, 0.25) is 0 Å². The molecule has 5 aromatic rings. The average Bonchev–Trinajstić information content (AvgIpc) is 3.54. The summed E-state index contributed by atoms with van der Waals surface area (Å²) in [5.74, 6) is 0.518. The monoisotopic (exact) mass is 515 g/mol. The van der Waals surface area contributed by atoms with Crippen molar-refractivity contribution in [2.75, 3.05) is 7.11 Å². The fraction of sp³-hybridized carbons (Fsp3) is 0.192. The molecule has 36 heavy (non-hydrogen) atoms. The van der Waals surface area contributed by atoms with Gasteiger partial charge in [-0.2, -0.15) is 5.26 Å². The predicted molar refractivity (Wildman–Crippen MR) is 139 cm³/mol. The first kappa shape index (κ1) is 22.5. The molecular formula is C26H18ClN5O3S. The smallest absolute Gasteiger partial charge is 0.336 e. The molecule has 10 heteroatoms. The second kappa shape index (κ2) is 8.29. The van der Waals surface area contributed by atoms with E-state index in [2.05, 4.69) is 16.0 Å². The van der Waals surface area contributed by atoms with E-state index in [-0.39, 0.29) is 11.7 Å². The minimum absolute atomic E-state index is 0.192. The highest BCUT2D eigenvalue weighted by Crippen LogP contribution is 2.47. The molecule has 178 valence electrons. The number of rotatable bonds is 5. The third-order valence-corrected chi connectivity index (χ3v) is 8.02. The molecule has 1 aromatic carbocycles. The van der Waals surface area contributed by atoms with Crippen LogP contribution in [0.5, 0.6) is 5.75 Å². The molecule has 0 radical (unpaired) electrons. The molecule has 0 aliphatic heterocycles. The Morgan fingerprint density at radius 2 is 2.00 bits per heavy atom. The SMILES string of the molecule is COc1cnc(Cl)c(-c2cc3c(s2)c(=O)n(-c2cncc4ccccc24)c(=O)n3CC2(C#N)CC2)c1. The first-order chi connectivity index (χ1) is 17.4. The standard InChI is InChI=1S/C26H18ClN5O3S/c1-35-16-8-18(23(27)30-11-16)21-9-19-22(36-21)24(33)32(25(34)31(19)14-26(13-28)6-7-26)20-12-29-10-15-4-2-3-5-17(15)20/h2-5,8-12H,6-7,14H2,1H3. The Bertz CT molecular complexity index is 1840. The molecule has 4 heterocycles. The van der Waals surface area contributed by atoms with Gasteiger partial charge in [0.1, 0.15) is 15.6 Å². The predicted octanol–water partition coefficient (Wildman–Crippen LogP) is 4.79. The molecule has 0 bridgehead atoms. The maximum atomic E-state index is 13.9. The van der Waals surface area contributed by atoms with E-state index in [0.29, 0.717) is 44.9 Å². The number of pyridine rings is 2. The van der Waals surface area contributed by atoms with Crippen LogP contribution in [0, 0.1) is 16.7 Å². The number of halogens is 1. The van der Waals surface area contributed by atoms with Crippen LogP contribution in [0.25, 0.3) is 37.1 Å². The van der Waals surface area contributed by atoms with Gasteiger partial charge >= 0.3 is 5.69 Å². The van der Waals surface area contributed by atoms with Gasteiger partial charge in [-0.1, -0.05) is 35.9 Å². The Morgan fingerprint density at radius 1 is 1.19 bits per heavy atom. The maximum absolute atomic E-state index is 13.9. The Labute approximate surface area is 213 Å². The fourth-order valence-corrected chi connectivity index (χ4v) is 5.77. The molecule has 0 N–H and O–H groups in total. The second-order valence-corrected chi connectivity index (χ2v) is 10.2. The van der Waals surface area contributed by atoms with Crippen LogP contribution in [-0.2, 0) is 6.54 Å². The third kappa shape index (κ3) is 3.49. The number of nitriles is 1. The number of hydrogen-bond donors (Lipinski definition) is 0. The number of aromatic nitrogens is 4. The summed E-state index contributed by atoms with van der Waals surface area (Å²) < 4.78 is 8.38. The minimum atomic E-state index is -0.618. The Balaban J connectivity index is 1.68. The van der Waals surface area contributed by atoms with E-state index in [9.17, 15) is 14.9 Å². The fourth-order valence-electron chi connectivity index (χ4n) is 4.40. The summed E-state index contributed by atoms with van der Waals surface area (Å²) >= 11 is 7.62. The van der Waals surface area contributed by atoms with Crippen molar-refractivity contribution < 1.29 is 4.74 Å². The quantitative estimate of drug-likeness (QED) is 0.312.